The molecule has 0 spiro atoms. The Morgan fingerprint density at radius 3 is 2.20 bits per heavy atom. The standard InChI is InChI=1S/C17H29NO2.C5H11NO2.CHN/c1-13-7-14-9-16(2,12-17(20,8-13)10-14)11-15(19)18-5-3-4-6-18;1-5(2,3)8-4(6)7;1-2/h13-14,20H,3-12H2,1-2H3;1-3H3,(H2,6,7);1H/t13?,14?,16?,17-;;/m1../s1. The second-order valence-electron chi connectivity index (χ2n) is 10.8. The zero-order valence-electron chi connectivity index (χ0n) is 19.4. The van der Waals surface area contributed by atoms with Crippen LogP contribution in [0.2, 0.25) is 0 Å². The molecule has 3 fully saturated rings. The first kappa shape index (κ1) is 26.2. The molecule has 1 heterocycles. The van der Waals surface area contributed by atoms with Crippen molar-refractivity contribution >= 4 is 12.0 Å². The monoisotopic (exact) mass is 423 g/mol. The lowest BCUT2D eigenvalue weighted by Crippen LogP contribution is -2.49. The van der Waals surface area contributed by atoms with E-state index in [2.05, 4.69) is 25.2 Å². The fraction of sp³-hybridized carbons (Fsp3) is 0.870. The molecule has 2 amide bonds. The Labute approximate surface area is 181 Å². The Morgan fingerprint density at radius 2 is 1.77 bits per heavy atom. The predicted octanol–water partition coefficient (Wildman–Crippen LogP) is 3.99. The summed E-state index contributed by atoms with van der Waals surface area (Å²) in [6.45, 7) is 15.2. The van der Waals surface area contributed by atoms with Crippen LogP contribution in [0.4, 0.5) is 4.79 Å². The van der Waals surface area contributed by atoms with E-state index < -0.39 is 17.3 Å². The number of nitrogens with zero attached hydrogens (tertiary/aromatic N) is 2. The highest BCUT2D eigenvalue weighted by molar-refractivity contribution is 5.77. The molecule has 172 valence electrons. The summed E-state index contributed by atoms with van der Waals surface area (Å²) < 4.78 is 4.58. The molecule has 3 unspecified atom stereocenters. The van der Waals surface area contributed by atoms with Gasteiger partial charge >= 0.3 is 6.09 Å². The van der Waals surface area contributed by atoms with Crippen LogP contribution in [0.1, 0.15) is 86.0 Å². The van der Waals surface area contributed by atoms with Crippen LogP contribution < -0.4 is 5.73 Å². The lowest BCUT2D eigenvalue weighted by molar-refractivity contribution is -0.140. The number of amides is 2. The van der Waals surface area contributed by atoms with Crippen LogP contribution in [0, 0.1) is 29.1 Å². The van der Waals surface area contributed by atoms with Gasteiger partial charge in [0.25, 0.3) is 0 Å². The van der Waals surface area contributed by atoms with Crippen molar-refractivity contribution in [1.82, 2.24) is 4.90 Å². The molecule has 0 radical (unpaired) electrons. The van der Waals surface area contributed by atoms with Crippen molar-refractivity contribution in [2.75, 3.05) is 13.1 Å². The summed E-state index contributed by atoms with van der Waals surface area (Å²) >= 11 is 0. The van der Waals surface area contributed by atoms with Gasteiger partial charge in [0.2, 0.25) is 5.91 Å². The molecule has 2 bridgehead atoms. The molecule has 0 aromatic rings. The number of primary amides is 1. The number of hydrogen-bond acceptors (Lipinski definition) is 5. The van der Waals surface area contributed by atoms with Gasteiger partial charge in [-0.05, 0) is 83.0 Å². The zero-order chi connectivity index (χ0) is 23.2. The van der Waals surface area contributed by atoms with Crippen molar-refractivity contribution in [2.24, 2.45) is 23.0 Å². The first-order valence-electron chi connectivity index (χ1n) is 11.0. The maximum Gasteiger partial charge on any atom is 0.405 e. The minimum absolute atomic E-state index is 0.0114. The molecule has 7 nitrogen and oxygen atoms in total. The van der Waals surface area contributed by atoms with Gasteiger partial charge in [0, 0.05) is 26.1 Å². The molecule has 3 rings (SSSR count). The molecule has 3 N–H and O–H groups in total. The Hall–Kier alpha value is -1.81. The quantitative estimate of drug-likeness (QED) is 0.696. The number of nitrogens with two attached hydrogens (primary N) is 1. The van der Waals surface area contributed by atoms with E-state index in [9.17, 15) is 14.7 Å². The average molecular weight is 424 g/mol. The molecule has 0 aromatic heterocycles. The topological polar surface area (TPSA) is 117 Å². The number of carbonyl (C=O) groups excluding carboxylic acids is 2. The van der Waals surface area contributed by atoms with Crippen molar-refractivity contribution in [3.63, 3.8) is 0 Å². The van der Waals surface area contributed by atoms with Gasteiger partial charge in [-0.2, -0.15) is 0 Å². The van der Waals surface area contributed by atoms with Crippen molar-refractivity contribution < 1.29 is 19.4 Å². The number of nitriles is 1. The van der Waals surface area contributed by atoms with Gasteiger partial charge in [-0.3, -0.25) is 4.79 Å². The molecular formula is C23H41N3O4. The van der Waals surface area contributed by atoms with E-state index in [-0.39, 0.29) is 5.41 Å². The highest BCUT2D eigenvalue weighted by atomic mass is 16.6. The number of aliphatic hydroxyl groups is 1. The third kappa shape index (κ3) is 8.51. The van der Waals surface area contributed by atoms with Crippen molar-refractivity contribution in [3.8, 4) is 6.57 Å². The fourth-order valence-electron chi connectivity index (χ4n) is 5.75. The van der Waals surface area contributed by atoms with E-state index in [1.54, 1.807) is 20.8 Å². The summed E-state index contributed by atoms with van der Waals surface area (Å²) in [7, 11) is 0. The van der Waals surface area contributed by atoms with Crippen molar-refractivity contribution in [2.45, 2.75) is 97.2 Å². The van der Waals surface area contributed by atoms with Crippen LogP contribution in [0.15, 0.2) is 0 Å². The van der Waals surface area contributed by atoms with Crippen LogP contribution in [-0.2, 0) is 9.53 Å². The third-order valence-electron chi connectivity index (χ3n) is 6.11. The van der Waals surface area contributed by atoms with E-state index in [4.69, 9.17) is 11.0 Å². The summed E-state index contributed by atoms with van der Waals surface area (Å²) in [6.07, 6.45) is 7.30. The van der Waals surface area contributed by atoms with Gasteiger partial charge < -0.3 is 20.5 Å². The van der Waals surface area contributed by atoms with Crippen LogP contribution >= 0.6 is 0 Å². The van der Waals surface area contributed by atoms with E-state index in [1.165, 1.54) is 6.42 Å². The van der Waals surface area contributed by atoms with E-state index in [0.717, 1.165) is 51.6 Å². The minimum atomic E-state index is -0.725. The second-order valence-corrected chi connectivity index (χ2v) is 10.8. The van der Waals surface area contributed by atoms with E-state index in [0.29, 0.717) is 24.2 Å². The summed E-state index contributed by atoms with van der Waals surface area (Å²) in [5.74, 6) is 1.58. The van der Waals surface area contributed by atoms with Gasteiger partial charge in [0.05, 0.1) is 5.60 Å². The first-order chi connectivity index (χ1) is 13.8. The van der Waals surface area contributed by atoms with Gasteiger partial charge in [-0.15, -0.1) is 0 Å². The maximum atomic E-state index is 12.5. The highest BCUT2D eigenvalue weighted by Crippen LogP contribution is 2.53. The Morgan fingerprint density at radius 1 is 1.20 bits per heavy atom. The molecule has 30 heavy (non-hydrogen) atoms. The average Bonchev–Trinajstić information content (AvgIpc) is 3.06. The normalized spacial score (nSPS) is 32.7. The Balaban J connectivity index is 0.000000383. The number of carbonyl (C=O) groups is 2. The summed E-state index contributed by atoms with van der Waals surface area (Å²) in [5.41, 5.74) is 3.78. The van der Waals surface area contributed by atoms with Crippen LogP contribution in [0.5, 0.6) is 0 Å². The maximum absolute atomic E-state index is 12.5. The fourth-order valence-corrected chi connectivity index (χ4v) is 5.75. The largest absolute Gasteiger partial charge is 0.444 e. The Bertz CT molecular complexity index is 605. The lowest BCUT2D eigenvalue weighted by atomic mass is 9.56. The molecule has 1 aliphatic heterocycles. The van der Waals surface area contributed by atoms with Crippen LogP contribution in [0.3, 0.4) is 0 Å². The number of ether oxygens (including phenoxy) is 1. The SMILES string of the molecule is C#N.CC(C)(C)OC(N)=O.CC1CC2CC(C)(CC(=O)N3CCCC3)C[C@@](O)(C1)C2. The summed E-state index contributed by atoms with van der Waals surface area (Å²) in [6, 6.07) is 0. The van der Waals surface area contributed by atoms with Crippen molar-refractivity contribution in [1.29, 1.82) is 5.26 Å². The van der Waals surface area contributed by atoms with Gasteiger partial charge in [-0.1, -0.05) is 13.8 Å². The molecule has 2 aliphatic carbocycles. The Kier molecular flexibility index (Phi) is 9.16. The molecule has 3 aliphatic rings. The van der Waals surface area contributed by atoms with E-state index in [1.807, 2.05) is 4.90 Å². The number of likely N-dealkylation sites (tertiary alicyclic amines) is 1. The zero-order valence-corrected chi connectivity index (χ0v) is 19.4. The first-order valence-corrected chi connectivity index (χ1v) is 11.0. The van der Waals surface area contributed by atoms with Gasteiger partial charge in [0.15, 0.2) is 0 Å². The molecule has 0 aromatic carbocycles. The molecule has 1 saturated heterocycles. The second kappa shape index (κ2) is 10.5. The van der Waals surface area contributed by atoms with E-state index >= 15 is 0 Å². The number of rotatable bonds is 2. The molecule has 4 atom stereocenters. The smallest absolute Gasteiger partial charge is 0.405 e. The summed E-state index contributed by atoms with van der Waals surface area (Å²) in [5, 5.41) is 17.4. The minimum Gasteiger partial charge on any atom is -0.444 e. The lowest BCUT2D eigenvalue weighted by Gasteiger charge is -2.52. The highest BCUT2D eigenvalue weighted by Gasteiger charge is 2.49. The predicted molar refractivity (Wildman–Crippen MR) is 116 cm³/mol. The molecule has 7 heteroatoms. The molecule has 2 saturated carbocycles. The molecular weight excluding hydrogens is 382 g/mol. The van der Waals surface area contributed by atoms with Crippen molar-refractivity contribution in [3.05, 3.63) is 0 Å². The number of hydrogen-bond donors (Lipinski definition) is 2. The third-order valence-corrected chi connectivity index (χ3v) is 6.11. The van der Waals surface area contributed by atoms with Gasteiger partial charge in [-0.25, -0.2) is 10.1 Å². The van der Waals surface area contributed by atoms with Crippen LogP contribution in [0.25, 0.3) is 0 Å². The summed E-state index contributed by atoms with van der Waals surface area (Å²) in [4.78, 5) is 24.5. The van der Waals surface area contributed by atoms with Crippen LogP contribution in [-0.4, -0.2) is 46.3 Å². The number of fused-ring (bicyclic) bond motifs is 2. The van der Waals surface area contributed by atoms with Gasteiger partial charge in [0.1, 0.15) is 5.60 Å².